The molecule has 2 bridgehead atoms. The van der Waals surface area contributed by atoms with Crippen molar-refractivity contribution in [1.29, 1.82) is 0 Å². The van der Waals surface area contributed by atoms with Crippen LogP contribution in [-0.2, 0) is 14.3 Å². The van der Waals surface area contributed by atoms with Gasteiger partial charge >= 0.3 is 12.1 Å². The van der Waals surface area contributed by atoms with Crippen LogP contribution in [0.4, 0.5) is 18.9 Å². The minimum Gasteiger partial charge on any atom is -0.542 e. The second-order valence-corrected chi connectivity index (χ2v) is 10.8. The van der Waals surface area contributed by atoms with E-state index in [0.717, 1.165) is 42.7 Å². The smallest absolute Gasteiger partial charge is 0.430 e. The number of hydrogen-bond donors (Lipinski definition) is 0. The number of quaternary nitrogens is 1. The molecule has 0 N–H and O–H groups in total. The normalized spacial score (nSPS) is 21.8. The molecule has 3 aliphatic rings. The van der Waals surface area contributed by atoms with Gasteiger partial charge in [-0.2, -0.15) is 13.2 Å². The lowest BCUT2D eigenvalue weighted by molar-refractivity contribution is -0.938. The molecule has 3 heterocycles. The second-order valence-electron chi connectivity index (χ2n) is 10.8. The average molecular weight is 583 g/mol. The number of benzene rings is 3. The lowest BCUT2D eigenvalue weighted by Gasteiger charge is -2.51. The molecule has 6 rings (SSSR count). The Balaban J connectivity index is 0.000000517. The molecule has 3 fully saturated rings. The molecule has 7 nitrogen and oxygen atoms in total. The average Bonchev–Trinajstić information content (AvgIpc) is 2.99. The van der Waals surface area contributed by atoms with Crippen LogP contribution in [0, 0.1) is 5.92 Å². The van der Waals surface area contributed by atoms with Crippen LogP contribution in [0.15, 0.2) is 91.0 Å². The number of halogens is 3. The number of carbonyl (C=O) groups excluding carboxylic acids is 3. The number of rotatable bonds is 8. The first kappa shape index (κ1) is 30.8. The molecule has 42 heavy (non-hydrogen) atoms. The molecule has 0 saturated carbocycles. The van der Waals surface area contributed by atoms with E-state index in [0.29, 0.717) is 23.5 Å². The number of carboxylic acid groups (broad SMARTS) is 1. The number of carbonyl (C=O) groups is 3. The van der Waals surface area contributed by atoms with E-state index in [4.69, 9.17) is 14.6 Å². The Kier molecular flexibility index (Phi) is 9.67. The zero-order valence-corrected chi connectivity index (χ0v) is 23.2. The fourth-order valence-electron chi connectivity index (χ4n) is 5.78. The van der Waals surface area contributed by atoms with E-state index in [1.54, 1.807) is 0 Å². The summed E-state index contributed by atoms with van der Waals surface area (Å²) in [6, 6.07) is 28.8. The Morgan fingerprint density at radius 3 is 1.93 bits per heavy atom. The van der Waals surface area contributed by atoms with E-state index in [-0.39, 0.29) is 17.9 Å². The van der Waals surface area contributed by atoms with Crippen molar-refractivity contribution in [2.75, 3.05) is 38.1 Å². The standard InChI is InChI=1S/C30H33N2O3.C2HF3O2/c1-31(26-15-9-4-10-16-26)29(25-13-7-3-8-14-25)30(34)35-28-22-32(19-17-24(28)18-20-32)21-27(33)23-11-5-2-6-12-23;3-2(4,5)1(6)7/h2-16,24,28-29H,17-22H2,1H3;(H,6,7)/q+1;/p-1. The topological polar surface area (TPSA) is 86.7 Å². The molecule has 0 aromatic heterocycles. The van der Waals surface area contributed by atoms with E-state index in [1.165, 1.54) is 0 Å². The fraction of sp³-hybridized carbons (Fsp3) is 0.344. The second kappa shape index (κ2) is 13.2. The molecular weight excluding hydrogens is 549 g/mol. The van der Waals surface area contributed by atoms with Gasteiger partial charge in [0.1, 0.15) is 19.1 Å². The number of piperidine rings is 3. The number of fused-ring (bicyclic) bond motifs is 3. The van der Waals surface area contributed by atoms with Crippen LogP contribution in [0.5, 0.6) is 0 Å². The number of nitrogens with zero attached hydrogens (tertiary/aromatic N) is 2. The molecule has 3 saturated heterocycles. The number of para-hydroxylation sites is 1. The third-order valence-corrected chi connectivity index (χ3v) is 8.00. The number of alkyl halides is 3. The molecular formula is C32H33F3N2O5. The third-order valence-electron chi connectivity index (χ3n) is 8.00. The Hall–Kier alpha value is -4.18. The number of esters is 1. The summed E-state index contributed by atoms with van der Waals surface area (Å²) in [5.74, 6) is -2.70. The fourth-order valence-corrected chi connectivity index (χ4v) is 5.78. The van der Waals surface area contributed by atoms with E-state index in [1.807, 2.05) is 103 Å². The highest BCUT2D eigenvalue weighted by Crippen LogP contribution is 2.37. The predicted molar refractivity (Wildman–Crippen MR) is 148 cm³/mol. The van der Waals surface area contributed by atoms with Crippen molar-refractivity contribution in [2.24, 2.45) is 5.92 Å². The summed E-state index contributed by atoms with van der Waals surface area (Å²) >= 11 is 0. The van der Waals surface area contributed by atoms with Crippen LogP contribution < -0.4 is 10.0 Å². The molecule has 3 aliphatic heterocycles. The molecule has 0 amide bonds. The van der Waals surface area contributed by atoms with Crippen molar-refractivity contribution >= 4 is 23.4 Å². The lowest BCUT2D eigenvalue weighted by atomic mass is 9.82. The van der Waals surface area contributed by atoms with E-state index in [2.05, 4.69) is 0 Å². The summed E-state index contributed by atoms with van der Waals surface area (Å²) in [5, 5.41) is 8.78. The number of aliphatic carboxylic acids is 1. The summed E-state index contributed by atoms with van der Waals surface area (Å²) in [4.78, 5) is 37.5. The van der Waals surface area contributed by atoms with Gasteiger partial charge < -0.3 is 24.0 Å². The minimum absolute atomic E-state index is 0.163. The van der Waals surface area contributed by atoms with Gasteiger partial charge in [0.2, 0.25) is 5.78 Å². The molecule has 0 radical (unpaired) electrons. The van der Waals surface area contributed by atoms with Crippen LogP contribution in [0.25, 0.3) is 0 Å². The number of hydrogen-bond acceptors (Lipinski definition) is 6. The quantitative estimate of drug-likeness (QED) is 0.225. The van der Waals surface area contributed by atoms with Gasteiger partial charge in [-0.1, -0.05) is 78.9 Å². The van der Waals surface area contributed by atoms with E-state index in [9.17, 15) is 22.8 Å². The molecule has 3 aromatic rings. The van der Waals surface area contributed by atoms with Crippen molar-refractivity contribution in [3.63, 3.8) is 0 Å². The van der Waals surface area contributed by atoms with Crippen LogP contribution in [0.3, 0.4) is 0 Å². The first-order chi connectivity index (χ1) is 20.0. The number of ketones is 1. The predicted octanol–water partition coefficient (Wildman–Crippen LogP) is 4.20. The highest BCUT2D eigenvalue weighted by Gasteiger charge is 2.49. The van der Waals surface area contributed by atoms with Crippen LogP contribution in [-0.4, -0.2) is 67.7 Å². The van der Waals surface area contributed by atoms with Gasteiger partial charge in [-0.3, -0.25) is 4.79 Å². The summed E-state index contributed by atoms with van der Waals surface area (Å²) < 4.78 is 38.6. The number of ether oxygens (including phenoxy) is 1. The van der Waals surface area contributed by atoms with Gasteiger partial charge in [-0.05, 0) is 17.7 Å². The summed E-state index contributed by atoms with van der Waals surface area (Å²) in [5.41, 5.74) is 2.63. The zero-order valence-electron chi connectivity index (χ0n) is 23.2. The summed E-state index contributed by atoms with van der Waals surface area (Å²) in [6.45, 7) is 3.13. The maximum Gasteiger partial charge on any atom is 0.430 e. The van der Waals surface area contributed by atoms with Gasteiger partial charge in [-0.15, -0.1) is 0 Å². The summed E-state index contributed by atoms with van der Waals surface area (Å²) in [7, 11) is 1.94. The molecule has 3 aromatic carbocycles. The molecule has 2 atom stereocenters. The van der Waals surface area contributed by atoms with Crippen LogP contribution in [0.2, 0.25) is 0 Å². The first-order valence-electron chi connectivity index (χ1n) is 13.7. The highest BCUT2D eigenvalue weighted by atomic mass is 19.4. The molecule has 10 heteroatoms. The maximum absolute atomic E-state index is 13.7. The highest BCUT2D eigenvalue weighted by molar-refractivity contribution is 5.97. The van der Waals surface area contributed by atoms with Gasteiger partial charge in [0.15, 0.2) is 12.1 Å². The van der Waals surface area contributed by atoms with Crippen LogP contribution >= 0.6 is 0 Å². The lowest BCUT2D eigenvalue weighted by Crippen LogP contribution is -2.65. The van der Waals surface area contributed by atoms with Crippen molar-refractivity contribution < 1.29 is 41.9 Å². The van der Waals surface area contributed by atoms with Gasteiger partial charge in [0, 0.05) is 37.1 Å². The first-order valence-corrected chi connectivity index (χ1v) is 13.7. The van der Waals surface area contributed by atoms with E-state index >= 15 is 0 Å². The number of likely N-dealkylation sites (N-methyl/N-ethyl adjacent to an activating group) is 1. The Morgan fingerprint density at radius 2 is 1.40 bits per heavy atom. The van der Waals surface area contributed by atoms with Crippen molar-refractivity contribution in [3.05, 3.63) is 102 Å². The Labute approximate surface area is 242 Å². The molecule has 222 valence electrons. The van der Waals surface area contributed by atoms with E-state index < -0.39 is 18.2 Å². The number of anilines is 1. The SMILES string of the molecule is CN(c1ccccc1)C(C(=O)OC1C[N+]2(CC(=O)c3ccccc3)CCC1CC2)c1ccccc1.O=C([O-])C(F)(F)F. The molecule has 0 spiro atoms. The van der Waals surface area contributed by atoms with Crippen LogP contribution in [0.1, 0.15) is 34.8 Å². The Morgan fingerprint density at radius 1 is 0.905 bits per heavy atom. The maximum atomic E-state index is 13.7. The van der Waals surface area contributed by atoms with Gasteiger partial charge in [-0.25, -0.2) is 4.79 Å². The number of Topliss-reactive ketones (excluding diaryl/α,β-unsaturated/α-hetero) is 1. The minimum atomic E-state index is -5.19. The van der Waals surface area contributed by atoms with Gasteiger partial charge in [0.05, 0.1) is 13.1 Å². The van der Waals surface area contributed by atoms with Gasteiger partial charge in [0.25, 0.3) is 0 Å². The Bertz CT molecular complexity index is 1340. The van der Waals surface area contributed by atoms with Crippen molar-refractivity contribution in [2.45, 2.75) is 31.2 Å². The van der Waals surface area contributed by atoms with Crippen molar-refractivity contribution in [3.8, 4) is 0 Å². The zero-order chi connectivity index (χ0) is 30.3. The largest absolute Gasteiger partial charge is 0.542 e. The number of carboxylic acids is 1. The molecule has 0 aliphatic carbocycles. The third kappa shape index (κ3) is 7.55. The molecule has 2 unspecified atom stereocenters. The summed E-state index contributed by atoms with van der Waals surface area (Å²) in [6.07, 6.45) is -3.38. The van der Waals surface area contributed by atoms with Crippen molar-refractivity contribution in [1.82, 2.24) is 0 Å². The monoisotopic (exact) mass is 582 g/mol.